The van der Waals surface area contributed by atoms with Crippen molar-refractivity contribution in [1.29, 1.82) is 0 Å². The van der Waals surface area contributed by atoms with Crippen LogP contribution in [0.3, 0.4) is 0 Å². The highest BCUT2D eigenvalue weighted by atomic mass is 35.5. The third kappa shape index (κ3) is 2.78. The quantitative estimate of drug-likeness (QED) is 0.379. The molecule has 1 aliphatic carbocycles. The minimum absolute atomic E-state index is 0.211. The Morgan fingerprint density at radius 1 is 0.900 bits per heavy atom. The molecule has 0 unspecified atom stereocenters. The van der Waals surface area contributed by atoms with Crippen molar-refractivity contribution in [2.24, 2.45) is 0 Å². The van der Waals surface area contributed by atoms with Gasteiger partial charge in [0.05, 0.1) is 16.3 Å². The summed E-state index contributed by atoms with van der Waals surface area (Å²) >= 11 is 7.76. The van der Waals surface area contributed by atoms with E-state index in [2.05, 4.69) is 5.32 Å². The summed E-state index contributed by atoms with van der Waals surface area (Å²) in [7, 11) is 0. The van der Waals surface area contributed by atoms with Gasteiger partial charge in [-0.3, -0.25) is 14.4 Å². The number of hydrogen-bond donors (Lipinski definition) is 1. The van der Waals surface area contributed by atoms with Gasteiger partial charge in [0.2, 0.25) is 0 Å². The summed E-state index contributed by atoms with van der Waals surface area (Å²) in [6.45, 7) is 1.98. The first-order valence-corrected chi connectivity index (χ1v) is 10.5. The second kappa shape index (κ2) is 6.90. The van der Waals surface area contributed by atoms with Crippen LogP contribution in [0.5, 0.6) is 0 Å². The van der Waals surface area contributed by atoms with E-state index in [4.69, 9.17) is 11.6 Å². The number of carbonyl (C=O) groups excluding carboxylic acids is 3. The highest BCUT2D eigenvalue weighted by Crippen LogP contribution is 2.37. The van der Waals surface area contributed by atoms with Crippen molar-refractivity contribution >= 4 is 56.2 Å². The topological polar surface area (TPSA) is 63.2 Å². The molecule has 0 saturated heterocycles. The number of hydrogen-bond acceptors (Lipinski definition) is 4. The molecule has 1 aromatic heterocycles. The lowest BCUT2D eigenvalue weighted by atomic mass is 9.83. The fourth-order valence-electron chi connectivity index (χ4n) is 3.75. The Morgan fingerprint density at radius 2 is 1.60 bits per heavy atom. The van der Waals surface area contributed by atoms with Crippen LogP contribution in [0.4, 0.5) is 5.69 Å². The second-order valence-electron chi connectivity index (χ2n) is 7.13. The van der Waals surface area contributed by atoms with E-state index in [1.807, 2.05) is 25.1 Å². The lowest BCUT2D eigenvalue weighted by Gasteiger charge is -2.20. The zero-order valence-electron chi connectivity index (χ0n) is 15.8. The normalized spacial score (nSPS) is 12.6. The molecule has 3 aromatic carbocycles. The highest BCUT2D eigenvalue weighted by molar-refractivity contribution is 7.21. The Balaban J connectivity index is 1.57. The van der Waals surface area contributed by atoms with Gasteiger partial charge in [-0.1, -0.05) is 60.1 Å². The largest absolute Gasteiger partial charge is 0.321 e. The van der Waals surface area contributed by atoms with Gasteiger partial charge >= 0.3 is 0 Å². The molecule has 0 bridgehead atoms. The molecule has 1 N–H and O–H groups in total. The lowest BCUT2D eigenvalue weighted by molar-refractivity contribution is 0.0978. The first-order valence-electron chi connectivity index (χ1n) is 9.27. The van der Waals surface area contributed by atoms with Gasteiger partial charge < -0.3 is 5.32 Å². The Morgan fingerprint density at radius 3 is 2.37 bits per heavy atom. The van der Waals surface area contributed by atoms with Crippen molar-refractivity contribution in [1.82, 2.24) is 0 Å². The lowest BCUT2D eigenvalue weighted by Crippen LogP contribution is -2.23. The fourth-order valence-corrected chi connectivity index (χ4v) is 5.26. The minimum atomic E-state index is -0.411. The van der Waals surface area contributed by atoms with E-state index >= 15 is 0 Å². The Labute approximate surface area is 181 Å². The van der Waals surface area contributed by atoms with Gasteiger partial charge in [0.25, 0.3) is 5.91 Å². The van der Waals surface area contributed by atoms with Crippen LogP contribution in [0.15, 0.2) is 60.7 Å². The standard InChI is InChI=1S/C24H14ClNO3S/c1-12-9-10-15-18(11-12)30-23(20(15)25)24(29)26-17-8-4-7-16-19(17)22(28)14-6-3-2-5-13(14)21(16)27/h2-11H,1H3,(H,26,29). The number of rotatable bonds is 2. The van der Waals surface area contributed by atoms with Gasteiger partial charge in [-0.15, -0.1) is 11.3 Å². The van der Waals surface area contributed by atoms with E-state index in [9.17, 15) is 14.4 Å². The maximum Gasteiger partial charge on any atom is 0.267 e. The molecule has 4 nitrogen and oxygen atoms in total. The summed E-state index contributed by atoms with van der Waals surface area (Å²) in [6, 6.07) is 17.4. The number of ketones is 2. The van der Waals surface area contributed by atoms with Crippen molar-refractivity contribution < 1.29 is 14.4 Å². The summed E-state index contributed by atoms with van der Waals surface area (Å²) in [5, 5.41) is 3.99. The van der Waals surface area contributed by atoms with Crippen molar-refractivity contribution in [2.75, 3.05) is 5.32 Å². The van der Waals surface area contributed by atoms with Crippen LogP contribution in [-0.4, -0.2) is 17.5 Å². The zero-order chi connectivity index (χ0) is 21.0. The molecule has 1 amide bonds. The number of anilines is 1. The first-order chi connectivity index (χ1) is 14.5. The van der Waals surface area contributed by atoms with Gasteiger partial charge in [0, 0.05) is 26.8 Å². The predicted molar refractivity (Wildman–Crippen MR) is 119 cm³/mol. The van der Waals surface area contributed by atoms with Gasteiger partial charge in [-0.05, 0) is 24.6 Å². The summed E-state index contributed by atoms with van der Waals surface area (Å²) in [6.07, 6.45) is 0. The van der Waals surface area contributed by atoms with E-state index in [1.54, 1.807) is 42.5 Å². The van der Waals surface area contributed by atoms with Crippen LogP contribution in [0.1, 0.15) is 47.1 Å². The zero-order valence-corrected chi connectivity index (χ0v) is 17.4. The second-order valence-corrected chi connectivity index (χ2v) is 8.56. The average Bonchev–Trinajstić information content (AvgIpc) is 3.07. The third-order valence-electron chi connectivity index (χ3n) is 5.19. The number of nitrogens with one attached hydrogen (secondary N) is 1. The number of benzene rings is 3. The molecular formula is C24H14ClNO3S. The Bertz CT molecular complexity index is 1400. The van der Waals surface area contributed by atoms with E-state index in [0.29, 0.717) is 26.7 Å². The smallest absolute Gasteiger partial charge is 0.267 e. The molecular weight excluding hydrogens is 418 g/mol. The maximum absolute atomic E-state index is 13.1. The molecule has 0 saturated carbocycles. The number of amides is 1. The minimum Gasteiger partial charge on any atom is -0.321 e. The highest BCUT2D eigenvalue weighted by Gasteiger charge is 2.32. The van der Waals surface area contributed by atoms with Crippen LogP contribution in [0, 0.1) is 6.92 Å². The number of fused-ring (bicyclic) bond motifs is 3. The molecule has 0 radical (unpaired) electrons. The molecule has 5 rings (SSSR count). The molecule has 1 heterocycles. The molecule has 6 heteroatoms. The monoisotopic (exact) mass is 431 g/mol. The van der Waals surface area contributed by atoms with Crippen molar-refractivity contribution in [3.8, 4) is 0 Å². The third-order valence-corrected chi connectivity index (χ3v) is 6.85. The Kier molecular flexibility index (Phi) is 4.31. The maximum atomic E-state index is 13.1. The van der Waals surface area contributed by atoms with Gasteiger partial charge in [0.1, 0.15) is 4.88 Å². The summed E-state index contributed by atoms with van der Waals surface area (Å²) in [4.78, 5) is 39.4. The fraction of sp³-hybridized carbons (Fsp3) is 0.0417. The number of carbonyl (C=O) groups is 3. The molecule has 0 aliphatic heterocycles. The molecule has 1 aliphatic rings. The van der Waals surface area contributed by atoms with E-state index in [-0.39, 0.29) is 22.7 Å². The first kappa shape index (κ1) is 18.7. The molecule has 146 valence electrons. The van der Waals surface area contributed by atoms with Gasteiger partial charge in [-0.25, -0.2) is 0 Å². The van der Waals surface area contributed by atoms with Crippen LogP contribution >= 0.6 is 22.9 Å². The summed E-state index contributed by atoms with van der Waals surface area (Å²) in [5.41, 5.74) is 2.59. The van der Waals surface area contributed by atoms with E-state index in [1.165, 1.54) is 11.3 Å². The van der Waals surface area contributed by atoms with E-state index < -0.39 is 5.91 Å². The van der Waals surface area contributed by atoms with Crippen molar-refractivity contribution in [3.05, 3.63) is 98.4 Å². The van der Waals surface area contributed by atoms with Crippen LogP contribution in [0.2, 0.25) is 5.02 Å². The molecule has 4 aromatic rings. The van der Waals surface area contributed by atoms with Crippen molar-refractivity contribution in [2.45, 2.75) is 6.92 Å². The average molecular weight is 432 g/mol. The number of thiophene rings is 1. The molecule has 0 fully saturated rings. The Hall–Kier alpha value is -3.28. The predicted octanol–water partition coefficient (Wildman–Crippen LogP) is 5.89. The van der Waals surface area contributed by atoms with Gasteiger partial charge in [-0.2, -0.15) is 0 Å². The molecule has 30 heavy (non-hydrogen) atoms. The summed E-state index contributed by atoms with van der Waals surface area (Å²) < 4.78 is 0.917. The van der Waals surface area contributed by atoms with Crippen molar-refractivity contribution in [3.63, 3.8) is 0 Å². The van der Waals surface area contributed by atoms with Crippen LogP contribution < -0.4 is 5.32 Å². The van der Waals surface area contributed by atoms with Gasteiger partial charge in [0.15, 0.2) is 11.6 Å². The number of aryl methyl sites for hydroxylation is 1. The number of halogens is 1. The molecule has 0 atom stereocenters. The van der Waals surface area contributed by atoms with E-state index in [0.717, 1.165) is 15.6 Å². The SMILES string of the molecule is Cc1ccc2c(Cl)c(C(=O)Nc3cccc4c3C(=O)c3ccccc3C4=O)sc2c1. The van der Waals surface area contributed by atoms with Crippen LogP contribution in [-0.2, 0) is 0 Å². The summed E-state index contributed by atoms with van der Waals surface area (Å²) in [5.74, 6) is -0.924. The molecule has 0 spiro atoms. The van der Waals surface area contributed by atoms with Crippen LogP contribution in [0.25, 0.3) is 10.1 Å².